The van der Waals surface area contributed by atoms with Gasteiger partial charge in [0.05, 0.1) is 7.11 Å². The van der Waals surface area contributed by atoms with Gasteiger partial charge in [0, 0.05) is 0 Å². The minimum atomic E-state index is 0.750. The number of rotatable bonds is 2. The van der Waals surface area contributed by atoms with Crippen molar-refractivity contribution >= 4 is 12.2 Å². The van der Waals surface area contributed by atoms with E-state index in [-0.39, 0.29) is 0 Å². The van der Waals surface area contributed by atoms with Crippen molar-refractivity contribution in [3.05, 3.63) is 54.6 Å². The minimum absolute atomic E-state index is 0.750. The summed E-state index contributed by atoms with van der Waals surface area (Å²) >= 11 is 0. The molecule has 0 spiro atoms. The molecule has 2 N–H and O–H groups in total. The molecule has 0 fully saturated rings. The summed E-state index contributed by atoms with van der Waals surface area (Å²) in [6.45, 7) is 0. The van der Waals surface area contributed by atoms with Gasteiger partial charge in [-0.1, -0.05) is 42.5 Å². The van der Waals surface area contributed by atoms with Crippen LogP contribution in [0, 0.1) is 10.8 Å². The number of benzene rings is 2. The first-order valence-corrected chi connectivity index (χ1v) is 5.50. The zero-order chi connectivity index (χ0) is 15.2. The number of methoxy groups -OCH3 is 1. The third kappa shape index (κ3) is 6.67. The van der Waals surface area contributed by atoms with Crippen molar-refractivity contribution in [1.29, 1.82) is 10.8 Å². The summed E-state index contributed by atoms with van der Waals surface area (Å²) in [7, 11) is 1.68. The summed E-state index contributed by atoms with van der Waals surface area (Å²) in [5.41, 5.74) is 2.40. The molecule has 5 nitrogen and oxygen atoms in total. The lowest BCUT2D eigenvalue weighted by atomic mass is 10.1. The molecule has 0 atom stereocenters. The van der Waals surface area contributed by atoms with Crippen LogP contribution in [0.1, 0.15) is 0 Å². The number of hydrogen-bond donors (Lipinski definition) is 2. The van der Waals surface area contributed by atoms with Gasteiger partial charge in [0.1, 0.15) is 5.75 Å². The number of carbonyl (C=O) groups excluding carboxylic acids is 2. The Morgan fingerprint density at radius 3 is 1.85 bits per heavy atom. The van der Waals surface area contributed by atoms with Crippen LogP contribution in [0.4, 0.5) is 0 Å². The van der Waals surface area contributed by atoms with Crippen LogP contribution in [-0.4, -0.2) is 19.3 Å². The van der Waals surface area contributed by atoms with Gasteiger partial charge in [0.2, 0.25) is 12.2 Å². The van der Waals surface area contributed by atoms with Gasteiger partial charge < -0.3 is 4.74 Å². The molecular weight excluding hydrogens is 256 g/mol. The van der Waals surface area contributed by atoms with Crippen molar-refractivity contribution < 1.29 is 14.3 Å². The van der Waals surface area contributed by atoms with Crippen LogP contribution in [0.2, 0.25) is 0 Å². The second kappa shape index (κ2) is 11.1. The Kier molecular flexibility index (Phi) is 9.44. The molecule has 0 aliphatic heterocycles. The predicted octanol–water partition coefficient (Wildman–Crippen LogP) is 3.16. The molecule has 2 aromatic carbocycles. The number of ether oxygens (including phenoxy) is 1. The number of nitrogens with one attached hydrogen (secondary N) is 2. The molecule has 0 radical (unpaired) electrons. The van der Waals surface area contributed by atoms with Crippen LogP contribution in [0.5, 0.6) is 5.75 Å². The van der Waals surface area contributed by atoms with Gasteiger partial charge >= 0.3 is 0 Å². The Balaban J connectivity index is 0.000000520. The highest BCUT2D eigenvalue weighted by Gasteiger charge is 1.97. The zero-order valence-electron chi connectivity index (χ0n) is 10.9. The molecule has 102 valence electrons. The van der Waals surface area contributed by atoms with E-state index in [4.69, 9.17) is 25.1 Å². The van der Waals surface area contributed by atoms with E-state index in [0.717, 1.165) is 17.9 Å². The molecule has 0 saturated carbocycles. The van der Waals surface area contributed by atoms with E-state index in [0.29, 0.717) is 0 Å². The molecule has 0 saturated heterocycles. The normalized spacial score (nSPS) is 7.65. The maximum Gasteiger partial charge on any atom is 0.231 e. The largest absolute Gasteiger partial charge is 0.497 e. The van der Waals surface area contributed by atoms with Gasteiger partial charge in [0.25, 0.3) is 0 Å². The molecule has 0 amide bonds. The zero-order valence-corrected chi connectivity index (χ0v) is 10.9. The van der Waals surface area contributed by atoms with Gasteiger partial charge in [-0.2, -0.15) is 0 Å². The van der Waals surface area contributed by atoms with Gasteiger partial charge in [-0.25, -0.2) is 20.4 Å². The standard InChI is InChI=1S/C13H12O.2CHNO/c1-14-13-9-5-8-12(10-13)11-6-3-2-4-7-11;2*2-1-3/h2-10H,1H3;2*2H. The van der Waals surface area contributed by atoms with Crippen LogP contribution in [-0.2, 0) is 9.59 Å². The van der Waals surface area contributed by atoms with Crippen molar-refractivity contribution in [2.45, 2.75) is 0 Å². The molecule has 2 rings (SSSR count). The summed E-state index contributed by atoms with van der Waals surface area (Å²) in [5.74, 6) is 0.895. The number of hydrogen-bond acceptors (Lipinski definition) is 5. The van der Waals surface area contributed by atoms with Crippen molar-refractivity contribution in [3.8, 4) is 16.9 Å². The summed E-state index contributed by atoms with van der Waals surface area (Å²) in [4.78, 5) is 16.7. The summed E-state index contributed by atoms with van der Waals surface area (Å²) in [6.07, 6.45) is 1.50. The van der Waals surface area contributed by atoms with E-state index in [1.165, 1.54) is 11.1 Å². The molecule has 0 aliphatic carbocycles. The smallest absolute Gasteiger partial charge is 0.231 e. The van der Waals surface area contributed by atoms with Gasteiger partial charge in [-0.05, 0) is 23.3 Å². The van der Waals surface area contributed by atoms with E-state index < -0.39 is 0 Å². The molecule has 0 bridgehead atoms. The highest BCUT2D eigenvalue weighted by atomic mass is 16.5. The van der Waals surface area contributed by atoms with E-state index in [1.807, 2.05) is 36.4 Å². The van der Waals surface area contributed by atoms with Gasteiger partial charge in [-0.3, -0.25) is 0 Å². The molecule has 0 aliphatic rings. The van der Waals surface area contributed by atoms with Crippen LogP contribution in [0.25, 0.3) is 11.1 Å². The average molecular weight is 270 g/mol. The summed E-state index contributed by atoms with van der Waals surface area (Å²) < 4.78 is 5.18. The van der Waals surface area contributed by atoms with Crippen LogP contribution >= 0.6 is 0 Å². The van der Waals surface area contributed by atoms with Gasteiger partial charge in [0.15, 0.2) is 0 Å². The average Bonchev–Trinajstić information content (AvgIpc) is 2.50. The van der Waals surface area contributed by atoms with Crippen LogP contribution in [0.3, 0.4) is 0 Å². The first-order chi connectivity index (χ1) is 9.73. The summed E-state index contributed by atoms with van der Waals surface area (Å²) in [6, 6.07) is 18.3. The molecular formula is C15H14N2O3. The lowest BCUT2D eigenvalue weighted by Crippen LogP contribution is -1.83. The predicted molar refractivity (Wildman–Crippen MR) is 75.3 cm³/mol. The Hall–Kier alpha value is -3.00. The third-order valence-electron chi connectivity index (χ3n) is 2.18. The Morgan fingerprint density at radius 1 is 0.850 bits per heavy atom. The van der Waals surface area contributed by atoms with Crippen LogP contribution < -0.4 is 4.74 Å². The van der Waals surface area contributed by atoms with E-state index in [2.05, 4.69) is 18.2 Å². The van der Waals surface area contributed by atoms with E-state index >= 15 is 0 Å². The van der Waals surface area contributed by atoms with Crippen molar-refractivity contribution in [3.63, 3.8) is 0 Å². The Morgan fingerprint density at radius 2 is 1.35 bits per heavy atom. The molecule has 2 aromatic rings. The van der Waals surface area contributed by atoms with E-state index in [1.54, 1.807) is 7.11 Å². The second-order valence-electron chi connectivity index (χ2n) is 3.30. The minimum Gasteiger partial charge on any atom is -0.497 e. The lowest BCUT2D eigenvalue weighted by molar-refractivity contribution is 0.415. The molecule has 0 aromatic heterocycles. The number of isocyanates is 2. The second-order valence-corrected chi connectivity index (χ2v) is 3.30. The lowest BCUT2D eigenvalue weighted by Gasteiger charge is -2.03. The quantitative estimate of drug-likeness (QED) is 0.648. The Bertz CT molecular complexity index is 559. The van der Waals surface area contributed by atoms with Crippen LogP contribution in [0.15, 0.2) is 54.6 Å². The first kappa shape index (κ1) is 17.0. The molecule has 20 heavy (non-hydrogen) atoms. The van der Waals surface area contributed by atoms with Crippen molar-refractivity contribution in [2.75, 3.05) is 7.11 Å². The maximum atomic E-state index is 8.35. The van der Waals surface area contributed by atoms with E-state index in [9.17, 15) is 0 Å². The highest BCUT2D eigenvalue weighted by molar-refractivity contribution is 5.64. The van der Waals surface area contributed by atoms with Crippen molar-refractivity contribution in [2.24, 2.45) is 0 Å². The first-order valence-electron chi connectivity index (χ1n) is 5.50. The summed E-state index contributed by atoms with van der Waals surface area (Å²) in [5, 5.41) is 10.8. The molecule has 0 unspecified atom stereocenters. The topological polar surface area (TPSA) is 91.1 Å². The Labute approximate surface area is 116 Å². The highest BCUT2D eigenvalue weighted by Crippen LogP contribution is 2.22. The fourth-order valence-corrected chi connectivity index (χ4v) is 1.43. The molecule has 0 heterocycles. The maximum absolute atomic E-state index is 8.35. The van der Waals surface area contributed by atoms with Gasteiger partial charge in [-0.15, -0.1) is 0 Å². The third-order valence-corrected chi connectivity index (χ3v) is 2.18. The monoisotopic (exact) mass is 270 g/mol. The SMILES string of the molecule is COc1cccc(-c2ccccc2)c1.N=C=O.N=C=O. The fraction of sp³-hybridized carbons (Fsp3) is 0.0667. The fourth-order valence-electron chi connectivity index (χ4n) is 1.43. The van der Waals surface area contributed by atoms with Crippen molar-refractivity contribution in [1.82, 2.24) is 0 Å². The molecule has 5 heteroatoms.